The number of benzene rings is 1. The summed E-state index contributed by atoms with van der Waals surface area (Å²) in [5.41, 5.74) is 3.46. The van der Waals surface area contributed by atoms with E-state index in [4.69, 9.17) is 9.90 Å². The molecule has 0 spiro atoms. The van der Waals surface area contributed by atoms with Gasteiger partial charge >= 0.3 is 0 Å². The van der Waals surface area contributed by atoms with Crippen molar-refractivity contribution in [2.24, 2.45) is 0 Å². The molecule has 0 radical (unpaired) electrons. The van der Waals surface area contributed by atoms with E-state index in [9.17, 15) is 9.18 Å². The zero-order valence-electron chi connectivity index (χ0n) is 16.6. The number of pyridine rings is 1. The fourth-order valence-corrected chi connectivity index (χ4v) is 3.31. The van der Waals surface area contributed by atoms with Gasteiger partial charge in [0.15, 0.2) is 0 Å². The maximum atomic E-state index is 14.5. The smallest absolute Gasteiger partial charge is 0.290 e. The Balaban J connectivity index is 0.000000775. The number of aromatic amines is 3. The Hall–Kier alpha value is -4.54. The van der Waals surface area contributed by atoms with Crippen molar-refractivity contribution in [2.75, 3.05) is 6.54 Å². The molecule has 5 rings (SSSR count). The number of hydrogen-bond acceptors (Lipinski definition) is 5. The molecular weight excluding hydrogens is 417 g/mol. The van der Waals surface area contributed by atoms with E-state index in [0.717, 1.165) is 22.3 Å². The predicted octanol–water partition coefficient (Wildman–Crippen LogP) is 2.64. The predicted molar refractivity (Wildman–Crippen MR) is 114 cm³/mol. The second-order valence-corrected chi connectivity index (χ2v) is 6.72. The summed E-state index contributed by atoms with van der Waals surface area (Å²) in [7, 11) is 0. The normalized spacial score (nSPS) is 10.7. The van der Waals surface area contributed by atoms with E-state index in [0.29, 0.717) is 29.8 Å². The molecule has 5 aromatic rings. The van der Waals surface area contributed by atoms with Gasteiger partial charge < -0.3 is 25.4 Å². The number of aromatic nitrogens is 6. The van der Waals surface area contributed by atoms with Crippen LogP contribution in [-0.2, 0) is 11.2 Å². The van der Waals surface area contributed by atoms with Crippen LogP contribution in [0, 0.1) is 5.82 Å². The van der Waals surface area contributed by atoms with Crippen molar-refractivity contribution in [3.05, 3.63) is 66.3 Å². The average molecular weight is 435 g/mol. The molecule has 0 atom stereocenters. The number of fused-ring (bicyclic) bond motifs is 2. The van der Waals surface area contributed by atoms with Gasteiger partial charge in [0.05, 0.1) is 22.9 Å². The highest BCUT2D eigenvalue weighted by molar-refractivity contribution is 5.99. The van der Waals surface area contributed by atoms with Crippen LogP contribution < -0.4 is 5.32 Å². The molecular formula is C21H18FN7O3. The number of nitrogens with zero attached hydrogens (tertiary/aromatic N) is 3. The summed E-state index contributed by atoms with van der Waals surface area (Å²) < 4.78 is 14.5. The van der Waals surface area contributed by atoms with Crippen LogP contribution in [0.1, 0.15) is 16.1 Å². The minimum atomic E-state index is -0.604. The van der Waals surface area contributed by atoms with E-state index in [1.165, 1.54) is 12.1 Å². The lowest BCUT2D eigenvalue weighted by molar-refractivity contribution is -0.122. The van der Waals surface area contributed by atoms with E-state index < -0.39 is 11.7 Å². The quantitative estimate of drug-likeness (QED) is 0.268. The summed E-state index contributed by atoms with van der Waals surface area (Å²) >= 11 is 0. The number of carboxylic acid groups (broad SMARTS) is 1. The number of imidazole rings is 2. The van der Waals surface area contributed by atoms with Gasteiger partial charge in [-0.25, -0.2) is 19.3 Å². The van der Waals surface area contributed by atoms with Crippen LogP contribution in [0.5, 0.6) is 0 Å². The lowest BCUT2D eigenvalue weighted by Crippen LogP contribution is -2.26. The molecule has 5 N–H and O–H groups in total. The van der Waals surface area contributed by atoms with Gasteiger partial charge in [-0.1, -0.05) is 0 Å². The number of amides is 1. The maximum absolute atomic E-state index is 14.5. The minimum absolute atomic E-state index is 0.0410. The maximum Gasteiger partial charge on any atom is 0.290 e. The summed E-state index contributed by atoms with van der Waals surface area (Å²) in [6.45, 7) is 0.118. The molecule has 32 heavy (non-hydrogen) atoms. The van der Waals surface area contributed by atoms with Gasteiger partial charge in [0.2, 0.25) is 0 Å². The van der Waals surface area contributed by atoms with E-state index in [1.807, 2.05) is 12.1 Å². The first-order valence-electron chi connectivity index (χ1n) is 9.55. The zero-order valence-corrected chi connectivity index (χ0v) is 16.6. The second kappa shape index (κ2) is 9.08. The van der Waals surface area contributed by atoms with Gasteiger partial charge in [-0.2, -0.15) is 0 Å². The van der Waals surface area contributed by atoms with Crippen LogP contribution >= 0.6 is 0 Å². The highest BCUT2D eigenvalue weighted by atomic mass is 19.1. The van der Waals surface area contributed by atoms with Crippen molar-refractivity contribution >= 4 is 34.4 Å². The molecule has 1 aromatic carbocycles. The third-order valence-corrected chi connectivity index (χ3v) is 4.76. The van der Waals surface area contributed by atoms with Crippen molar-refractivity contribution < 1.29 is 19.1 Å². The molecule has 0 aliphatic carbocycles. The topological polar surface area (TPSA) is 152 Å². The van der Waals surface area contributed by atoms with Gasteiger partial charge in [-0.15, -0.1) is 0 Å². The van der Waals surface area contributed by atoms with Crippen molar-refractivity contribution in [3.63, 3.8) is 0 Å². The molecule has 0 bridgehead atoms. The monoisotopic (exact) mass is 435 g/mol. The minimum Gasteiger partial charge on any atom is -0.483 e. The van der Waals surface area contributed by atoms with Gasteiger partial charge in [-0.3, -0.25) is 9.59 Å². The molecule has 10 nitrogen and oxygen atoms in total. The van der Waals surface area contributed by atoms with E-state index in [1.54, 1.807) is 24.9 Å². The lowest BCUT2D eigenvalue weighted by atomic mass is 10.1. The van der Waals surface area contributed by atoms with E-state index in [-0.39, 0.29) is 12.0 Å². The molecule has 162 valence electrons. The summed E-state index contributed by atoms with van der Waals surface area (Å²) in [6.07, 6.45) is 7.34. The Morgan fingerprint density at radius 1 is 1.28 bits per heavy atom. The highest BCUT2D eigenvalue weighted by Crippen LogP contribution is 2.28. The number of halogens is 1. The Bertz CT molecular complexity index is 1380. The number of carbonyl (C=O) groups excluding carboxylic acids is 1. The largest absolute Gasteiger partial charge is 0.483 e. The SMILES string of the molecule is O=C(NCCc1cnc[nH]1)c1cc2nc(-c3c[nH]c4ncccc34)[nH]c2cc1F.O=CO. The molecule has 0 saturated heterocycles. The number of carbonyl (C=O) groups is 2. The molecule has 0 saturated carbocycles. The first-order chi connectivity index (χ1) is 15.6. The summed E-state index contributed by atoms with van der Waals surface area (Å²) in [5.74, 6) is -0.507. The Kier molecular flexibility index (Phi) is 5.88. The van der Waals surface area contributed by atoms with Crippen molar-refractivity contribution in [3.8, 4) is 11.4 Å². The first kappa shape index (κ1) is 20.7. The van der Waals surface area contributed by atoms with Crippen molar-refractivity contribution in [2.45, 2.75) is 6.42 Å². The zero-order chi connectivity index (χ0) is 22.5. The first-order valence-corrected chi connectivity index (χ1v) is 9.55. The van der Waals surface area contributed by atoms with Crippen LogP contribution in [0.2, 0.25) is 0 Å². The number of H-pyrrole nitrogens is 3. The molecule has 11 heteroatoms. The summed E-state index contributed by atoms with van der Waals surface area (Å²) in [4.78, 5) is 42.7. The van der Waals surface area contributed by atoms with Crippen LogP contribution in [0.15, 0.2) is 49.2 Å². The summed E-state index contributed by atoms with van der Waals surface area (Å²) in [6, 6.07) is 6.53. The average Bonchev–Trinajstić information content (AvgIpc) is 3.52. The lowest BCUT2D eigenvalue weighted by Gasteiger charge is -2.05. The van der Waals surface area contributed by atoms with Crippen LogP contribution in [0.4, 0.5) is 4.39 Å². The fraction of sp³-hybridized carbons (Fsp3) is 0.0952. The van der Waals surface area contributed by atoms with Crippen LogP contribution in [0.3, 0.4) is 0 Å². The van der Waals surface area contributed by atoms with E-state index in [2.05, 4.69) is 35.2 Å². The van der Waals surface area contributed by atoms with Crippen molar-refractivity contribution in [1.82, 2.24) is 35.2 Å². The number of hydrogen-bond donors (Lipinski definition) is 5. The van der Waals surface area contributed by atoms with Gasteiger partial charge in [-0.05, 0) is 18.2 Å². The molecule has 4 aromatic heterocycles. The number of nitrogens with one attached hydrogen (secondary N) is 4. The Morgan fingerprint density at radius 3 is 2.91 bits per heavy atom. The third-order valence-electron chi connectivity index (χ3n) is 4.76. The van der Waals surface area contributed by atoms with Crippen LogP contribution in [0.25, 0.3) is 33.5 Å². The summed E-state index contributed by atoms with van der Waals surface area (Å²) in [5, 5.41) is 10.5. The fourth-order valence-electron chi connectivity index (χ4n) is 3.31. The number of rotatable bonds is 5. The third kappa shape index (κ3) is 4.17. The Labute approximate surface area is 179 Å². The second-order valence-electron chi connectivity index (χ2n) is 6.72. The molecule has 1 amide bonds. The van der Waals surface area contributed by atoms with Gasteiger partial charge in [0.1, 0.15) is 17.3 Å². The Morgan fingerprint density at radius 2 is 2.12 bits per heavy atom. The molecule has 0 fully saturated rings. The standard InChI is InChI=1S/C20H16FN7O.CH2O2/c21-15-7-17-16(6-13(15)20(29)24-5-3-11-8-22-10-26-11)27-19(28-17)14-9-25-18-12(14)2-1-4-23-18;2-1-3/h1-2,4,6-10H,3,5H2,(H,22,26)(H,23,25)(H,24,29)(H,27,28);1H,(H,2,3). The van der Waals surface area contributed by atoms with Crippen LogP contribution in [-0.4, -0.2) is 53.9 Å². The van der Waals surface area contributed by atoms with Gasteiger partial charge in [0, 0.05) is 54.3 Å². The highest BCUT2D eigenvalue weighted by Gasteiger charge is 2.17. The molecule has 0 aliphatic heterocycles. The van der Waals surface area contributed by atoms with Gasteiger partial charge in [0.25, 0.3) is 12.4 Å². The molecule has 4 heterocycles. The molecule has 0 aliphatic rings. The van der Waals surface area contributed by atoms with E-state index >= 15 is 0 Å². The van der Waals surface area contributed by atoms with Crippen molar-refractivity contribution in [1.29, 1.82) is 0 Å². The molecule has 0 unspecified atom stereocenters.